The molecule has 0 bridgehead atoms. The molecule has 1 aromatic carbocycles. The Bertz CT molecular complexity index is 494. The summed E-state index contributed by atoms with van der Waals surface area (Å²) in [6.45, 7) is 0. The molecule has 2 amide bonds. The molecule has 0 unspecified atom stereocenters. The molecule has 5 heteroatoms. The number of nitrogens with two attached hydrogens (primary N) is 1. The highest BCUT2D eigenvalue weighted by molar-refractivity contribution is 6.34. The van der Waals surface area contributed by atoms with E-state index in [0.29, 0.717) is 0 Å². The number of hydrogen-bond acceptors (Lipinski definition) is 3. The van der Waals surface area contributed by atoms with Gasteiger partial charge in [-0.05, 0) is 24.8 Å². The first-order chi connectivity index (χ1) is 8.18. The Morgan fingerprint density at radius 1 is 1.24 bits per heavy atom. The summed E-state index contributed by atoms with van der Waals surface area (Å²) in [5.41, 5.74) is 10.0. The van der Waals surface area contributed by atoms with Crippen molar-refractivity contribution in [2.75, 3.05) is 0 Å². The molecule has 0 heterocycles. The maximum absolute atomic E-state index is 11.0. The van der Waals surface area contributed by atoms with Gasteiger partial charge in [-0.3, -0.25) is 9.59 Å². The molecule has 1 aromatic rings. The van der Waals surface area contributed by atoms with Crippen molar-refractivity contribution in [3.63, 3.8) is 0 Å². The summed E-state index contributed by atoms with van der Waals surface area (Å²) >= 11 is 0. The fourth-order valence-electron chi connectivity index (χ4n) is 1.89. The van der Waals surface area contributed by atoms with Crippen LogP contribution in [0.4, 0.5) is 0 Å². The minimum atomic E-state index is -1.03. The first-order valence-corrected chi connectivity index (χ1v) is 5.43. The van der Waals surface area contributed by atoms with E-state index in [1.54, 1.807) is 0 Å². The van der Waals surface area contributed by atoms with E-state index >= 15 is 0 Å². The third-order valence-electron chi connectivity index (χ3n) is 2.70. The zero-order chi connectivity index (χ0) is 12.3. The number of rotatable bonds is 1. The third kappa shape index (κ3) is 2.50. The predicted octanol–water partition coefficient (Wildman–Crippen LogP) is 0.329. The van der Waals surface area contributed by atoms with Gasteiger partial charge in [-0.15, -0.1) is 0 Å². The normalized spacial score (nSPS) is 16.4. The number of hydrogen-bond donors (Lipinski definition) is 2. The van der Waals surface area contributed by atoms with E-state index in [4.69, 9.17) is 5.73 Å². The number of amides is 2. The van der Waals surface area contributed by atoms with E-state index in [0.717, 1.165) is 30.5 Å². The van der Waals surface area contributed by atoms with E-state index in [2.05, 4.69) is 10.5 Å². The van der Waals surface area contributed by atoms with E-state index in [1.165, 1.54) is 5.56 Å². The molecule has 0 atom stereocenters. The fraction of sp³-hybridized carbons (Fsp3) is 0.250. The SMILES string of the molecule is NC(=O)C(=O)NN=C1CCCc2ccccc21. The number of hydrazone groups is 1. The Morgan fingerprint density at radius 3 is 2.76 bits per heavy atom. The van der Waals surface area contributed by atoms with Gasteiger partial charge < -0.3 is 5.73 Å². The van der Waals surface area contributed by atoms with E-state index in [9.17, 15) is 9.59 Å². The van der Waals surface area contributed by atoms with Crippen LogP contribution < -0.4 is 11.2 Å². The van der Waals surface area contributed by atoms with Crippen LogP contribution >= 0.6 is 0 Å². The van der Waals surface area contributed by atoms with E-state index in [1.807, 2.05) is 24.3 Å². The number of carbonyl (C=O) groups excluding carboxylic acids is 2. The lowest BCUT2D eigenvalue weighted by molar-refractivity contribution is -0.137. The topological polar surface area (TPSA) is 84.5 Å². The van der Waals surface area contributed by atoms with Crippen molar-refractivity contribution in [2.45, 2.75) is 19.3 Å². The lowest BCUT2D eigenvalue weighted by Crippen LogP contribution is -2.34. The molecule has 0 aliphatic heterocycles. The highest BCUT2D eigenvalue weighted by atomic mass is 16.2. The predicted molar refractivity (Wildman–Crippen MR) is 63.3 cm³/mol. The minimum Gasteiger partial charge on any atom is -0.361 e. The average Bonchev–Trinajstić information content (AvgIpc) is 2.35. The van der Waals surface area contributed by atoms with Crippen LogP contribution in [0.5, 0.6) is 0 Å². The Labute approximate surface area is 98.7 Å². The molecule has 0 aromatic heterocycles. The summed E-state index contributed by atoms with van der Waals surface area (Å²) in [6.07, 6.45) is 2.79. The molecule has 88 valence electrons. The van der Waals surface area contributed by atoms with Crippen molar-refractivity contribution in [3.05, 3.63) is 35.4 Å². The molecule has 1 aliphatic rings. The fourth-order valence-corrected chi connectivity index (χ4v) is 1.89. The van der Waals surface area contributed by atoms with Crippen LogP contribution in [0.1, 0.15) is 24.0 Å². The third-order valence-corrected chi connectivity index (χ3v) is 2.70. The maximum atomic E-state index is 11.0. The summed E-state index contributed by atoms with van der Waals surface area (Å²) in [5.74, 6) is -1.92. The lowest BCUT2D eigenvalue weighted by Gasteiger charge is -2.17. The van der Waals surface area contributed by atoms with Crippen molar-refractivity contribution in [1.82, 2.24) is 5.43 Å². The summed E-state index contributed by atoms with van der Waals surface area (Å²) in [4.78, 5) is 21.6. The maximum Gasteiger partial charge on any atom is 0.329 e. The van der Waals surface area contributed by atoms with Crippen LogP contribution in [-0.2, 0) is 16.0 Å². The van der Waals surface area contributed by atoms with Crippen molar-refractivity contribution in [3.8, 4) is 0 Å². The molecule has 3 N–H and O–H groups in total. The zero-order valence-corrected chi connectivity index (χ0v) is 9.27. The van der Waals surface area contributed by atoms with Crippen LogP contribution in [0.15, 0.2) is 29.4 Å². The zero-order valence-electron chi connectivity index (χ0n) is 9.27. The van der Waals surface area contributed by atoms with Gasteiger partial charge >= 0.3 is 11.8 Å². The first kappa shape index (κ1) is 11.3. The van der Waals surface area contributed by atoms with E-state index < -0.39 is 11.8 Å². The van der Waals surface area contributed by atoms with Crippen LogP contribution in [-0.4, -0.2) is 17.5 Å². The molecule has 17 heavy (non-hydrogen) atoms. The minimum absolute atomic E-state index is 0.788. The summed E-state index contributed by atoms with van der Waals surface area (Å²) in [7, 11) is 0. The highest BCUT2D eigenvalue weighted by Crippen LogP contribution is 2.20. The molecule has 0 saturated heterocycles. The second kappa shape index (κ2) is 4.78. The molecular formula is C12H13N3O2. The number of carbonyl (C=O) groups is 2. The Balaban J connectivity index is 2.21. The standard InChI is InChI=1S/C12H13N3O2/c13-11(16)12(17)15-14-10-7-3-5-8-4-1-2-6-9(8)10/h1-2,4,6H,3,5,7H2,(H2,13,16)(H,15,17). The Hall–Kier alpha value is -2.17. The van der Waals surface area contributed by atoms with Gasteiger partial charge in [-0.1, -0.05) is 24.3 Å². The average molecular weight is 231 g/mol. The van der Waals surface area contributed by atoms with Crippen molar-refractivity contribution in [1.29, 1.82) is 0 Å². The Kier molecular flexibility index (Phi) is 3.18. The molecule has 1 aliphatic carbocycles. The number of nitrogens with zero attached hydrogens (tertiary/aromatic N) is 1. The van der Waals surface area contributed by atoms with Crippen LogP contribution in [0.3, 0.4) is 0 Å². The van der Waals surface area contributed by atoms with Crippen LogP contribution in [0.25, 0.3) is 0 Å². The van der Waals surface area contributed by atoms with Crippen LogP contribution in [0, 0.1) is 0 Å². The molecule has 0 spiro atoms. The van der Waals surface area contributed by atoms with Crippen molar-refractivity contribution >= 4 is 17.5 Å². The number of benzene rings is 1. The largest absolute Gasteiger partial charge is 0.361 e. The molecule has 0 radical (unpaired) electrons. The van der Waals surface area contributed by atoms with Gasteiger partial charge in [0.25, 0.3) is 0 Å². The first-order valence-electron chi connectivity index (χ1n) is 5.43. The number of fused-ring (bicyclic) bond motifs is 1. The number of aryl methyl sites for hydroxylation is 1. The molecule has 5 nitrogen and oxygen atoms in total. The van der Waals surface area contributed by atoms with Gasteiger partial charge in [0.05, 0.1) is 5.71 Å². The summed E-state index contributed by atoms with van der Waals surface area (Å²) in [6, 6.07) is 7.91. The molecule has 2 rings (SSSR count). The van der Waals surface area contributed by atoms with Gasteiger partial charge in [0.2, 0.25) is 0 Å². The highest BCUT2D eigenvalue weighted by Gasteiger charge is 2.15. The molecular weight excluding hydrogens is 218 g/mol. The molecule has 0 saturated carbocycles. The van der Waals surface area contributed by atoms with Gasteiger partial charge in [0.15, 0.2) is 0 Å². The van der Waals surface area contributed by atoms with Gasteiger partial charge in [-0.2, -0.15) is 5.10 Å². The van der Waals surface area contributed by atoms with Crippen molar-refractivity contribution in [2.24, 2.45) is 10.8 Å². The van der Waals surface area contributed by atoms with Crippen LogP contribution in [0.2, 0.25) is 0 Å². The lowest BCUT2D eigenvalue weighted by atomic mass is 9.90. The van der Waals surface area contributed by atoms with Gasteiger partial charge in [-0.25, -0.2) is 5.43 Å². The smallest absolute Gasteiger partial charge is 0.329 e. The second-order valence-corrected chi connectivity index (χ2v) is 3.87. The molecule has 0 fully saturated rings. The summed E-state index contributed by atoms with van der Waals surface area (Å²) < 4.78 is 0. The quantitative estimate of drug-likeness (QED) is 0.539. The monoisotopic (exact) mass is 231 g/mol. The Morgan fingerprint density at radius 2 is 2.00 bits per heavy atom. The van der Waals surface area contributed by atoms with E-state index in [-0.39, 0.29) is 0 Å². The number of nitrogens with one attached hydrogen (secondary N) is 1. The van der Waals surface area contributed by atoms with Crippen molar-refractivity contribution < 1.29 is 9.59 Å². The van der Waals surface area contributed by atoms with Gasteiger partial charge in [0.1, 0.15) is 0 Å². The van der Waals surface area contributed by atoms with Gasteiger partial charge in [0, 0.05) is 5.56 Å². The second-order valence-electron chi connectivity index (χ2n) is 3.87. The number of primary amides is 1. The summed E-state index contributed by atoms with van der Waals surface area (Å²) in [5, 5.41) is 3.96.